The van der Waals surface area contributed by atoms with Gasteiger partial charge in [0.15, 0.2) is 0 Å². The molecule has 0 aromatic heterocycles. The molecule has 27 heavy (non-hydrogen) atoms. The molecule has 1 amide bonds. The molecular formula is C18H17NO8. The van der Waals surface area contributed by atoms with E-state index in [4.69, 9.17) is 4.74 Å². The summed E-state index contributed by atoms with van der Waals surface area (Å²) in [5.74, 6) is -5.07. The molecule has 2 N–H and O–H groups in total. The Kier molecular flexibility index (Phi) is 4.95. The first-order valence-electron chi connectivity index (χ1n) is 8.05. The molecule has 9 heteroatoms. The van der Waals surface area contributed by atoms with E-state index < -0.39 is 47.9 Å². The van der Waals surface area contributed by atoms with Crippen LogP contribution < -0.4 is 5.32 Å². The first-order valence-corrected chi connectivity index (χ1v) is 8.05. The highest BCUT2D eigenvalue weighted by molar-refractivity contribution is 6.01. The van der Waals surface area contributed by atoms with E-state index in [1.807, 2.05) is 0 Å². The Morgan fingerprint density at radius 3 is 1.93 bits per heavy atom. The van der Waals surface area contributed by atoms with Crippen LogP contribution in [0.5, 0.6) is 0 Å². The lowest BCUT2D eigenvalue weighted by atomic mass is 9.82. The van der Waals surface area contributed by atoms with Gasteiger partial charge in [-0.15, -0.1) is 0 Å². The second-order valence-corrected chi connectivity index (χ2v) is 6.11. The molecule has 0 spiro atoms. The monoisotopic (exact) mass is 375 g/mol. The summed E-state index contributed by atoms with van der Waals surface area (Å²) >= 11 is 0. The number of anilines is 1. The minimum Gasteiger partial charge on any atom is -0.481 e. The number of carbonyl (C=O) groups is 4. The topological polar surface area (TPSA) is 128 Å². The van der Waals surface area contributed by atoms with E-state index in [0.29, 0.717) is 0 Å². The number of aliphatic carboxylic acids is 1. The molecule has 0 aliphatic carbocycles. The summed E-state index contributed by atoms with van der Waals surface area (Å²) in [7, 11) is 2.36. The lowest BCUT2D eigenvalue weighted by molar-refractivity contribution is -0.145. The van der Waals surface area contributed by atoms with E-state index >= 15 is 0 Å². The summed E-state index contributed by atoms with van der Waals surface area (Å²) in [5.41, 5.74) is 0.211. The van der Waals surface area contributed by atoms with Crippen molar-refractivity contribution >= 4 is 29.5 Å². The van der Waals surface area contributed by atoms with E-state index in [0.717, 1.165) is 0 Å². The van der Waals surface area contributed by atoms with Gasteiger partial charge in [-0.2, -0.15) is 0 Å². The number of rotatable bonds is 5. The highest BCUT2D eigenvalue weighted by Crippen LogP contribution is 2.40. The van der Waals surface area contributed by atoms with Crippen molar-refractivity contribution in [3.63, 3.8) is 0 Å². The molecule has 9 nitrogen and oxygen atoms in total. The van der Waals surface area contributed by atoms with Crippen LogP contribution >= 0.6 is 0 Å². The van der Waals surface area contributed by atoms with E-state index in [2.05, 4.69) is 14.8 Å². The Morgan fingerprint density at radius 2 is 1.44 bits per heavy atom. The third kappa shape index (κ3) is 3.41. The molecule has 1 saturated heterocycles. The van der Waals surface area contributed by atoms with Crippen molar-refractivity contribution in [3.05, 3.63) is 41.5 Å². The molecule has 4 atom stereocenters. The van der Waals surface area contributed by atoms with Crippen molar-refractivity contribution in [2.24, 2.45) is 11.8 Å². The molecule has 0 saturated carbocycles. The molecule has 1 fully saturated rings. The number of esters is 2. The summed E-state index contributed by atoms with van der Waals surface area (Å²) < 4.78 is 14.8. The number of benzene rings is 1. The number of fused-ring (bicyclic) bond motifs is 2. The Morgan fingerprint density at radius 1 is 0.926 bits per heavy atom. The van der Waals surface area contributed by atoms with Gasteiger partial charge in [-0.1, -0.05) is 12.2 Å². The van der Waals surface area contributed by atoms with Gasteiger partial charge in [0.1, 0.15) is 5.92 Å². The molecular weight excluding hydrogens is 358 g/mol. The second-order valence-electron chi connectivity index (χ2n) is 6.11. The van der Waals surface area contributed by atoms with Crippen molar-refractivity contribution in [2.45, 2.75) is 12.2 Å². The van der Waals surface area contributed by atoms with Gasteiger partial charge in [-0.05, 0) is 18.2 Å². The molecule has 1 aromatic carbocycles. The lowest BCUT2D eigenvalue weighted by Gasteiger charge is -2.21. The highest BCUT2D eigenvalue weighted by atomic mass is 16.5. The van der Waals surface area contributed by atoms with Crippen molar-refractivity contribution in [1.29, 1.82) is 0 Å². The quantitative estimate of drug-likeness (QED) is 0.573. The zero-order valence-corrected chi connectivity index (χ0v) is 14.5. The maximum absolute atomic E-state index is 12.7. The van der Waals surface area contributed by atoms with E-state index in [1.165, 1.54) is 32.4 Å². The van der Waals surface area contributed by atoms with Gasteiger partial charge in [0.2, 0.25) is 5.91 Å². The van der Waals surface area contributed by atoms with Crippen LogP contribution in [0.1, 0.15) is 20.7 Å². The average molecular weight is 375 g/mol. The normalized spacial score (nSPS) is 25.1. The summed E-state index contributed by atoms with van der Waals surface area (Å²) in [6.45, 7) is 0. The number of hydrogen-bond donors (Lipinski definition) is 2. The van der Waals surface area contributed by atoms with Gasteiger partial charge >= 0.3 is 17.9 Å². The summed E-state index contributed by atoms with van der Waals surface area (Å²) in [4.78, 5) is 47.9. The molecule has 2 aliphatic rings. The smallest absolute Gasteiger partial charge is 0.337 e. The molecule has 3 rings (SSSR count). The van der Waals surface area contributed by atoms with Crippen LogP contribution in [-0.2, 0) is 23.8 Å². The van der Waals surface area contributed by atoms with Gasteiger partial charge in [0.05, 0.1) is 43.5 Å². The fourth-order valence-corrected chi connectivity index (χ4v) is 3.31. The summed E-state index contributed by atoms with van der Waals surface area (Å²) in [6.07, 6.45) is 1.98. The van der Waals surface area contributed by atoms with Crippen LogP contribution in [-0.4, -0.2) is 55.3 Å². The standard InChI is InChI=1S/C18H17NO8/c1-25-17(23)8-5-9(18(24)26-2)7-10(6-8)19-15(20)13-11-3-4-12(27-11)14(13)16(21)22/h3-7,11-14H,1-2H3,(H,19,20)(H,21,22)/t11-,12-,13-,14+/m1/s1. The fraction of sp³-hybridized carbons (Fsp3) is 0.333. The third-order valence-electron chi connectivity index (χ3n) is 4.53. The molecule has 2 aliphatic heterocycles. The van der Waals surface area contributed by atoms with Gasteiger partial charge in [-0.25, -0.2) is 9.59 Å². The number of hydrogen-bond acceptors (Lipinski definition) is 7. The molecule has 0 unspecified atom stereocenters. The maximum atomic E-state index is 12.7. The number of carboxylic acids is 1. The largest absolute Gasteiger partial charge is 0.481 e. The number of carboxylic acid groups (broad SMARTS) is 1. The van der Waals surface area contributed by atoms with E-state index in [1.54, 1.807) is 12.2 Å². The minimum atomic E-state index is -1.13. The van der Waals surface area contributed by atoms with Crippen LogP contribution in [0.4, 0.5) is 5.69 Å². The first kappa shape index (κ1) is 18.6. The summed E-state index contributed by atoms with van der Waals surface area (Å²) in [5, 5.41) is 12.0. The Bertz CT molecular complexity index is 812. The first-order chi connectivity index (χ1) is 12.8. The Balaban J connectivity index is 1.89. The fourth-order valence-electron chi connectivity index (χ4n) is 3.31. The van der Waals surface area contributed by atoms with E-state index in [9.17, 15) is 24.3 Å². The molecule has 142 valence electrons. The van der Waals surface area contributed by atoms with Crippen LogP contribution in [0.3, 0.4) is 0 Å². The van der Waals surface area contributed by atoms with Crippen molar-refractivity contribution in [2.75, 3.05) is 19.5 Å². The van der Waals surface area contributed by atoms with Crippen LogP contribution in [0, 0.1) is 11.8 Å². The SMILES string of the molecule is COC(=O)c1cc(NC(=O)[C@H]2[C@@H](C(=O)O)[C@H]3C=C[C@H]2O3)cc(C(=O)OC)c1. The summed E-state index contributed by atoms with van der Waals surface area (Å²) in [6, 6.07) is 3.93. The minimum absolute atomic E-state index is 0.0366. The number of methoxy groups -OCH3 is 2. The van der Waals surface area contributed by atoms with Gasteiger partial charge < -0.3 is 24.6 Å². The molecule has 2 heterocycles. The lowest BCUT2D eigenvalue weighted by Crippen LogP contribution is -2.39. The maximum Gasteiger partial charge on any atom is 0.337 e. The number of carbonyl (C=O) groups excluding carboxylic acids is 3. The average Bonchev–Trinajstić information content (AvgIpc) is 3.27. The van der Waals surface area contributed by atoms with Gasteiger partial charge in [-0.3, -0.25) is 9.59 Å². The van der Waals surface area contributed by atoms with Crippen LogP contribution in [0.15, 0.2) is 30.4 Å². The van der Waals surface area contributed by atoms with Gasteiger partial charge in [0.25, 0.3) is 0 Å². The third-order valence-corrected chi connectivity index (χ3v) is 4.53. The van der Waals surface area contributed by atoms with Crippen molar-refractivity contribution in [1.82, 2.24) is 0 Å². The Labute approximate surface area is 153 Å². The molecule has 2 bridgehead atoms. The van der Waals surface area contributed by atoms with Gasteiger partial charge in [0, 0.05) is 5.69 Å². The predicted molar refractivity (Wildman–Crippen MR) is 90.2 cm³/mol. The highest BCUT2D eigenvalue weighted by Gasteiger charge is 2.53. The zero-order chi connectivity index (χ0) is 19.7. The number of nitrogens with one attached hydrogen (secondary N) is 1. The number of amides is 1. The van der Waals surface area contributed by atoms with Crippen molar-refractivity contribution < 1.29 is 38.5 Å². The predicted octanol–water partition coefficient (Wildman–Crippen LogP) is 0.852. The van der Waals surface area contributed by atoms with Crippen LogP contribution in [0.25, 0.3) is 0 Å². The van der Waals surface area contributed by atoms with Crippen molar-refractivity contribution in [3.8, 4) is 0 Å². The molecule has 1 aromatic rings. The van der Waals surface area contributed by atoms with Crippen LogP contribution in [0.2, 0.25) is 0 Å². The number of ether oxygens (including phenoxy) is 3. The molecule has 0 radical (unpaired) electrons. The van der Waals surface area contributed by atoms with E-state index in [-0.39, 0.29) is 16.8 Å². The second kappa shape index (κ2) is 7.20. The Hall–Kier alpha value is -3.20. The zero-order valence-electron chi connectivity index (χ0n) is 14.5.